The average molecular weight is 349 g/mol. The Hall–Kier alpha value is -2.04. The molecule has 5 heteroatoms. The first-order chi connectivity index (χ1) is 11.0. The van der Waals surface area contributed by atoms with Crippen LogP contribution in [0.5, 0.6) is 5.75 Å². The second kappa shape index (κ2) is 9.30. The minimum Gasteiger partial charge on any atom is -0.497 e. The molecule has 0 heterocycles. The largest absolute Gasteiger partial charge is 0.497 e. The van der Waals surface area contributed by atoms with E-state index in [1.165, 1.54) is 0 Å². The van der Waals surface area contributed by atoms with Crippen molar-refractivity contribution in [1.82, 2.24) is 0 Å². The molecule has 0 aliphatic heterocycles. The summed E-state index contributed by atoms with van der Waals surface area (Å²) in [5, 5.41) is 0. The van der Waals surface area contributed by atoms with Crippen molar-refractivity contribution in [2.75, 3.05) is 12.0 Å². The Labute approximate surface area is 150 Å². The van der Waals surface area contributed by atoms with Crippen molar-refractivity contribution in [3.63, 3.8) is 0 Å². The minimum atomic E-state index is -0.249. The molecular weight excluding hydrogens is 324 g/mol. The van der Waals surface area contributed by atoms with E-state index in [-0.39, 0.29) is 30.3 Å². The van der Waals surface area contributed by atoms with Gasteiger partial charge in [-0.1, -0.05) is 37.3 Å². The monoisotopic (exact) mass is 348 g/mol. The fraction of sp³-hybridized carbons (Fsp3) is 0.316. The standard InChI is InChI=1S/C19H24N2O2.ClH/c1-14(15(2)20)19(22)21(13-16-7-5-4-6-8-16)17-9-11-18(23-3)12-10-17;/h4-12,14-15H,13,20H2,1-3H3;1H. The molecule has 2 aromatic carbocycles. The summed E-state index contributed by atoms with van der Waals surface area (Å²) < 4.78 is 5.19. The molecular formula is C19H25ClN2O2. The first kappa shape index (κ1) is 20.0. The lowest BCUT2D eigenvalue weighted by Gasteiger charge is -2.27. The van der Waals surface area contributed by atoms with Gasteiger partial charge in [-0.25, -0.2) is 0 Å². The van der Waals surface area contributed by atoms with Crippen LogP contribution in [0.3, 0.4) is 0 Å². The van der Waals surface area contributed by atoms with Crippen LogP contribution in [0.4, 0.5) is 5.69 Å². The molecule has 4 nitrogen and oxygen atoms in total. The van der Waals surface area contributed by atoms with Crippen molar-refractivity contribution in [2.24, 2.45) is 11.7 Å². The number of rotatable bonds is 6. The van der Waals surface area contributed by atoms with Gasteiger partial charge in [-0.3, -0.25) is 4.79 Å². The molecule has 0 aliphatic carbocycles. The highest BCUT2D eigenvalue weighted by atomic mass is 35.5. The highest BCUT2D eigenvalue weighted by Gasteiger charge is 2.24. The number of nitrogens with zero attached hydrogens (tertiary/aromatic N) is 1. The summed E-state index contributed by atoms with van der Waals surface area (Å²) in [6.07, 6.45) is 0. The molecule has 0 aliphatic rings. The van der Waals surface area contributed by atoms with E-state index in [2.05, 4.69) is 0 Å². The molecule has 2 unspecified atom stereocenters. The van der Waals surface area contributed by atoms with Gasteiger partial charge in [0.05, 0.1) is 19.6 Å². The number of anilines is 1. The maximum absolute atomic E-state index is 12.9. The molecule has 0 saturated carbocycles. The minimum absolute atomic E-state index is 0. The van der Waals surface area contributed by atoms with Crippen LogP contribution in [0.25, 0.3) is 0 Å². The Balaban J connectivity index is 0.00000288. The van der Waals surface area contributed by atoms with E-state index in [1.54, 1.807) is 12.0 Å². The van der Waals surface area contributed by atoms with Gasteiger partial charge in [-0.15, -0.1) is 12.4 Å². The van der Waals surface area contributed by atoms with Gasteiger partial charge in [-0.2, -0.15) is 0 Å². The first-order valence-electron chi connectivity index (χ1n) is 7.78. The van der Waals surface area contributed by atoms with E-state index < -0.39 is 0 Å². The van der Waals surface area contributed by atoms with E-state index in [1.807, 2.05) is 68.4 Å². The van der Waals surface area contributed by atoms with Crippen LogP contribution in [-0.4, -0.2) is 19.1 Å². The van der Waals surface area contributed by atoms with Crippen LogP contribution in [0, 0.1) is 5.92 Å². The molecule has 24 heavy (non-hydrogen) atoms. The topological polar surface area (TPSA) is 55.6 Å². The second-order valence-electron chi connectivity index (χ2n) is 5.76. The van der Waals surface area contributed by atoms with Crippen molar-refractivity contribution >= 4 is 24.0 Å². The molecule has 0 bridgehead atoms. The molecule has 2 rings (SSSR count). The number of halogens is 1. The summed E-state index contributed by atoms with van der Waals surface area (Å²) in [6, 6.07) is 17.3. The van der Waals surface area contributed by atoms with Crippen LogP contribution in [0.1, 0.15) is 19.4 Å². The number of carbonyl (C=O) groups excluding carboxylic acids is 1. The van der Waals surface area contributed by atoms with Crippen molar-refractivity contribution in [3.05, 3.63) is 60.2 Å². The maximum Gasteiger partial charge on any atom is 0.231 e. The van der Waals surface area contributed by atoms with Crippen LogP contribution in [0.15, 0.2) is 54.6 Å². The Bertz CT molecular complexity index is 630. The molecule has 1 amide bonds. The van der Waals surface area contributed by atoms with Crippen LogP contribution < -0.4 is 15.4 Å². The van der Waals surface area contributed by atoms with Gasteiger partial charge in [0, 0.05) is 11.7 Å². The van der Waals surface area contributed by atoms with E-state index in [0.717, 1.165) is 17.0 Å². The zero-order valence-electron chi connectivity index (χ0n) is 14.3. The molecule has 130 valence electrons. The van der Waals surface area contributed by atoms with Gasteiger partial charge < -0.3 is 15.4 Å². The molecule has 0 aromatic heterocycles. The Morgan fingerprint density at radius 2 is 1.67 bits per heavy atom. The first-order valence-corrected chi connectivity index (χ1v) is 7.78. The van der Waals surface area contributed by atoms with Crippen LogP contribution >= 0.6 is 12.4 Å². The zero-order valence-corrected chi connectivity index (χ0v) is 15.1. The van der Waals surface area contributed by atoms with Gasteiger partial charge in [0.1, 0.15) is 5.75 Å². The Kier molecular flexibility index (Phi) is 7.75. The molecule has 0 fully saturated rings. The van der Waals surface area contributed by atoms with E-state index >= 15 is 0 Å². The van der Waals surface area contributed by atoms with E-state index in [4.69, 9.17) is 10.5 Å². The molecule has 0 saturated heterocycles. The number of carbonyl (C=O) groups is 1. The third-order valence-corrected chi connectivity index (χ3v) is 4.01. The van der Waals surface area contributed by atoms with Crippen LogP contribution in [0.2, 0.25) is 0 Å². The summed E-state index contributed by atoms with van der Waals surface area (Å²) >= 11 is 0. The summed E-state index contributed by atoms with van der Waals surface area (Å²) in [5.41, 5.74) is 7.84. The summed E-state index contributed by atoms with van der Waals surface area (Å²) in [4.78, 5) is 14.6. The number of ether oxygens (including phenoxy) is 1. The lowest BCUT2D eigenvalue weighted by molar-refractivity contribution is -0.122. The second-order valence-corrected chi connectivity index (χ2v) is 5.76. The van der Waals surface area contributed by atoms with Crippen molar-refractivity contribution in [2.45, 2.75) is 26.4 Å². The predicted molar refractivity (Wildman–Crippen MR) is 101 cm³/mol. The molecule has 0 radical (unpaired) electrons. The summed E-state index contributed by atoms with van der Waals surface area (Å²) in [6.45, 7) is 4.24. The number of hydrogen-bond donors (Lipinski definition) is 1. The number of nitrogens with two attached hydrogens (primary N) is 1. The normalized spacial score (nSPS) is 12.7. The highest BCUT2D eigenvalue weighted by Crippen LogP contribution is 2.23. The summed E-state index contributed by atoms with van der Waals surface area (Å²) in [5.74, 6) is 0.538. The lowest BCUT2D eigenvalue weighted by Crippen LogP contribution is -2.41. The Morgan fingerprint density at radius 1 is 1.08 bits per heavy atom. The fourth-order valence-electron chi connectivity index (χ4n) is 2.30. The number of amides is 1. The van der Waals surface area contributed by atoms with Crippen molar-refractivity contribution < 1.29 is 9.53 Å². The van der Waals surface area contributed by atoms with Gasteiger partial charge in [-0.05, 0) is 36.8 Å². The zero-order chi connectivity index (χ0) is 16.8. The van der Waals surface area contributed by atoms with Gasteiger partial charge >= 0.3 is 0 Å². The molecule has 2 aromatic rings. The number of methoxy groups -OCH3 is 1. The van der Waals surface area contributed by atoms with E-state index in [9.17, 15) is 4.79 Å². The van der Waals surface area contributed by atoms with E-state index in [0.29, 0.717) is 6.54 Å². The van der Waals surface area contributed by atoms with Gasteiger partial charge in [0.15, 0.2) is 0 Å². The van der Waals surface area contributed by atoms with Gasteiger partial charge in [0.2, 0.25) is 5.91 Å². The number of hydrogen-bond acceptors (Lipinski definition) is 3. The lowest BCUT2D eigenvalue weighted by atomic mass is 10.0. The SMILES string of the molecule is COc1ccc(N(Cc2ccccc2)C(=O)C(C)C(C)N)cc1.Cl. The maximum atomic E-state index is 12.9. The van der Waals surface area contributed by atoms with Crippen LogP contribution in [-0.2, 0) is 11.3 Å². The third-order valence-electron chi connectivity index (χ3n) is 4.01. The highest BCUT2D eigenvalue weighted by molar-refractivity contribution is 5.95. The quantitative estimate of drug-likeness (QED) is 0.867. The predicted octanol–water partition coefficient (Wildman–Crippen LogP) is 3.63. The Morgan fingerprint density at radius 3 is 2.17 bits per heavy atom. The molecule has 0 spiro atoms. The average Bonchev–Trinajstić information content (AvgIpc) is 2.59. The summed E-state index contributed by atoms with van der Waals surface area (Å²) in [7, 11) is 1.63. The third kappa shape index (κ3) is 4.98. The fourth-order valence-corrected chi connectivity index (χ4v) is 2.30. The van der Waals surface area contributed by atoms with Gasteiger partial charge in [0.25, 0.3) is 0 Å². The van der Waals surface area contributed by atoms with Crippen molar-refractivity contribution in [1.29, 1.82) is 0 Å². The number of benzene rings is 2. The molecule has 2 atom stereocenters. The van der Waals surface area contributed by atoms with Crippen molar-refractivity contribution in [3.8, 4) is 5.75 Å². The smallest absolute Gasteiger partial charge is 0.231 e. The molecule has 2 N–H and O–H groups in total.